The molecule has 23 heavy (non-hydrogen) atoms. The Balaban J connectivity index is 2.45. The average Bonchev–Trinajstić information content (AvgIpc) is 2.56. The SMILES string of the molecule is CCCCc1c(C(=O)O)cc(OCCCOC)c2ccccc12. The first kappa shape index (κ1) is 17.3. The molecule has 4 heteroatoms. The molecule has 0 atom stereocenters. The van der Waals surface area contributed by atoms with Gasteiger partial charge in [0.2, 0.25) is 0 Å². The van der Waals surface area contributed by atoms with E-state index in [1.165, 1.54) is 0 Å². The monoisotopic (exact) mass is 316 g/mol. The average molecular weight is 316 g/mol. The second-order valence-corrected chi connectivity index (χ2v) is 5.55. The summed E-state index contributed by atoms with van der Waals surface area (Å²) in [4.78, 5) is 11.7. The molecular formula is C19H24O4. The zero-order valence-corrected chi connectivity index (χ0v) is 13.8. The maximum absolute atomic E-state index is 11.7. The Hall–Kier alpha value is -2.07. The third kappa shape index (κ3) is 4.23. The summed E-state index contributed by atoms with van der Waals surface area (Å²) in [6.07, 6.45) is 3.54. The molecule has 124 valence electrons. The number of benzene rings is 2. The number of methoxy groups -OCH3 is 1. The van der Waals surface area contributed by atoms with Crippen molar-refractivity contribution < 1.29 is 19.4 Å². The highest BCUT2D eigenvalue weighted by molar-refractivity contribution is 6.01. The van der Waals surface area contributed by atoms with Crippen molar-refractivity contribution in [3.8, 4) is 5.75 Å². The third-order valence-electron chi connectivity index (χ3n) is 3.88. The number of unbranched alkanes of at least 4 members (excludes halogenated alkanes) is 1. The summed E-state index contributed by atoms with van der Waals surface area (Å²) in [6, 6.07) is 9.53. The summed E-state index contributed by atoms with van der Waals surface area (Å²) in [7, 11) is 1.65. The molecule has 0 radical (unpaired) electrons. The number of aryl methyl sites for hydroxylation is 1. The number of carboxylic acid groups (broad SMARTS) is 1. The number of fused-ring (bicyclic) bond motifs is 1. The lowest BCUT2D eigenvalue weighted by molar-refractivity contribution is 0.0695. The van der Waals surface area contributed by atoms with Crippen LogP contribution in [-0.4, -0.2) is 31.4 Å². The molecule has 0 saturated carbocycles. The Labute approximate surface area is 137 Å². The van der Waals surface area contributed by atoms with E-state index in [4.69, 9.17) is 9.47 Å². The summed E-state index contributed by atoms with van der Waals surface area (Å²) in [5.41, 5.74) is 1.25. The van der Waals surface area contributed by atoms with Gasteiger partial charge in [-0.2, -0.15) is 0 Å². The summed E-state index contributed by atoms with van der Waals surface area (Å²) < 4.78 is 10.8. The molecule has 0 heterocycles. The Morgan fingerprint density at radius 1 is 1.13 bits per heavy atom. The minimum absolute atomic E-state index is 0.346. The highest BCUT2D eigenvalue weighted by Crippen LogP contribution is 2.33. The third-order valence-corrected chi connectivity index (χ3v) is 3.88. The van der Waals surface area contributed by atoms with Crippen LogP contribution in [-0.2, 0) is 11.2 Å². The highest BCUT2D eigenvalue weighted by Gasteiger charge is 2.17. The fourth-order valence-corrected chi connectivity index (χ4v) is 2.72. The fourth-order valence-electron chi connectivity index (χ4n) is 2.72. The predicted octanol–water partition coefficient (Wildman–Crippen LogP) is 4.30. The van der Waals surface area contributed by atoms with Gasteiger partial charge >= 0.3 is 5.97 Å². The van der Waals surface area contributed by atoms with Gasteiger partial charge in [0.1, 0.15) is 5.75 Å². The van der Waals surface area contributed by atoms with Gasteiger partial charge in [-0.3, -0.25) is 0 Å². The van der Waals surface area contributed by atoms with Gasteiger partial charge in [-0.25, -0.2) is 4.79 Å². The lowest BCUT2D eigenvalue weighted by atomic mass is 9.94. The molecule has 0 aliphatic carbocycles. The summed E-state index contributed by atoms with van der Waals surface area (Å²) in [6.45, 7) is 3.24. The number of aromatic carboxylic acids is 1. The second-order valence-electron chi connectivity index (χ2n) is 5.55. The molecule has 0 spiro atoms. The van der Waals surface area contributed by atoms with Crippen molar-refractivity contribution in [1.82, 2.24) is 0 Å². The van der Waals surface area contributed by atoms with Gasteiger partial charge in [0.25, 0.3) is 0 Å². The van der Waals surface area contributed by atoms with Crippen LogP contribution in [0.15, 0.2) is 30.3 Å². The van der Waals surface area contributed by atoms with E-state index in [2.05, 4.69) is 6.92 Å². The molecule has 2 rings (SSSR count). The summed E-state index contributed by atoms with van der Waals surface area (Å²) in [5.74, 6) is -0.266. The number of hydrogen-bond donors (Lipinski definition) is 1. The first-order valence-corrected chi connectivity index (χ1v) is 8.08. The molecule has 1 N–H and O–H groups in total. The highest BCUT2D eigenvalue weighted by atomic mass is 16.5. The van der Waals surface area contributed by atoms with Crippen LogP contribution in [0, 0.1) is 0 Å². The first-order valence-electron chi connectivity index (χ1n) is 8.08. The summed E-state index contributed by atoms with van der Waals surface area (Å²) >= 11 is 0. The van der Waals surface area contributed by atoms with Crippen molar-refractivity contribution >= 4 is 16.7 Å². The van der Waals surface area contributed by atoms with Gasteiger partial charge in [-0.15, -0.1) is 0 Å². The number of carboxylic acids is 1. The zero-order chi connectivity index (χ0) is 16.7. The lowest BCUT2D eigenvalue weighted by Crippen LogP contribution is -2.07. The van der Waals surface area contributed by atoms with Crippen LogP contribution in [0.2, 0.25) is 0 Å². The Bertz CT molecular complexity index is 664. The van der Waals surface area contributed by atoms with Gasteiger partial charge in [-0.05, 0) is 29.9 Å². The van der Waals surface area contributed by atoms with Crippen LogP contribution in [0.5, 0.6) is 5.75 Å². The molecular weight excluding hydrogens is 292 g/mol. The largest absolute Gasteiger partial charge is 0.493 e. The topological polar surface area (TPSA) is 55.8 Å². The van der Waals surface area contributed by atoms with Gasteiger partial charge in [0.05, 0.1) is 12.2 Å². The maximum atomic E-state index is 11.7. The van der Waals surface area contributed by atoms with E-state index in [-0.39, 0.29) is 0 Å². The lowest BCUT2D eigenvalue weighted by Gasteiger charge is -2.15. The first-order chi connectivity index (χ1) is 11.2. The van der Waals surface area contributed by atoms with Crippen LogP contribution in [0.25, 0.3) is 10.8 Å². The normalized spacial score (nSPS) is 10.9. The van der Waals surface area contributed by atoms with E-state index < -0.39 is 5.97 Å². The van der Waals surface area contributed by atoms with E-state index in [9.17, 15) is 9.90 Å². The molecule has 0 aliphatic heterocycles. The Morgan fingerprint density at radius 3 is 2.52 bits per heavy atom. The molecule has 0 amide bonds. The molecule has 0 fully saturated rings. The van der Waals surface area contributed by atoms with Crippen molar-refractivity contribution in [2.24, 2.45) is 0 Å². The number of rotatable bonds is 9. The number of hydrogen-bond acceptors (Lipinski definition) is 3. The van der Waals surface area contributed by atoms with E-state index in [1.807, 2.05) is 24.3 Å². The minimum atomic E-state index is -0.899. The Kier molecular flexibility index (Phi) is 6.41. The van der Waals surface area contributed by atoms with Crippen molar-refractivity contribution in [2.45, 2.75) is 32.6 Å². The van der Waals surface area contributed by atoms with Crippen molar-refractivity contribution in [3.05, 3.63) is 41.5 Å². The van der Waals surface area contributed by atoms with Crippen LogP contribution in [0.3, 0.4) is 0 Å². The van der Waals surface area contributed by atoms with Crippen LogP contribution < -0.4 is 4.74 Å². The van der Waals surface area contributed by atoms with Crippen molar-refractivity contribution in [3.63, 3.8) is 0 Å². The smallest absolute Gasteiger partial charge is 0.336 e. The van der Waals surface area contributed by atoms with Gasteiger partial charge in [0.15, 0.2) is 0 Å². The van der Waals surface area contributed by atoms with Gasteiger partial charge < -0.3 is 14.6 Å². The standard InChI is InChI=1S/C19H24O4/c1-3-4-8-15-14-9-5-6-10-16(14)18(13-17(15)19(20)21)23-12-7-11-22-2/h5-6,9-10,13H,3-4,7-8,11-12H2,1-2H3,(H,20,21). The minimum Gasteiger partial charge on any atom is -0.493 e. The molecule has 0 unspecified atom stereocenters. The molecule has 0 saturated heterocycles. The van der Waals surface area contributed by atoms with Crippen LogP contribution >= 0.6 is 0 Å². The molecule has 0 aliphatic rings. The Morgan fingerprint density at radius 2 is 1.87 bits per heavy atom. The number of carbonyl (C=O) groups is 1. The van der Waals surface area contributed by atoms with Crippen LogP contribution in [0.1, 0.15) is 42.1 Å². The second kappa shape index (κ2) is 8.53. The zero-order valence-electron chi connectivity index (χ0n) is 13.8. The molecule has 4 nitrogen and oxygen atoms in total. The van der Waals surface area contributed by atoms with Gasteiger partial charge in [-0.1, -0.05) is 37.6 Å². The van der Waals surface area contributed by atoms with E-state index >= 15 is 0 Å². The molecule has 0 bridgehead atoms. The predicted molar refractivity (Wildman–Crippen MR) is 91.5 cm³/mol. The van der Waals surface area contributed by atoms with Crippen molar-refractivity contribution in [2.75, 3.05) is 20.3 Å². The van der Waals surface area contributed by atoms with E-state index in [1.54, 1.807) is 13.2 Å². The molecule has 2 aromatic rings. The molecule has 0 aromatic heterocycles. The van der Waals surface area contributed by atoms with Gasteiger partial charge in [0, 0.05) is 25.5 Å². The van der Waals surface area contributed by atoms with Crippen LogP contribution in [0.4, 0.5) is 0 Å². The van der Waals surface area contributed by atoms with Crippen molar-refractivity contribution in [1.29, 1.82) is 0 Å². The van der Waals surface area contributed by atoms with E-state index in [0.717, 1.165) is 42.0 Å². The summed E-state index contributed by atoms with van der Waals surface area (Å²) in [5, 5.41) is 11.5. The fraction of sp³-hybridized carbons (Fsp3) is 0.421. The molecule has 2 aromatic carbocycles. The maximum Gasteiger partial charge on any atom is 0.336 e. The quantitative estimate of drug-likeness (QED) is 0.701. The van der Waals surface area contributed by atoms with E-state index in [0.29, 0.717) is 24.5 Å². The number of ether oxygens (including phenoxy) is 2.